The van der Waals surface area contributed by atoms with Crippen LogP contribution < -0.4 is 11.1 Å². The fraction of sp³-hybridized carbons (Fsp3) is 0.800. The monoisotopic (exact) mass is 1350 g/mol. The van der Waals surface area contributed by atoms with Crippen LogP contribution in [-0.2, 0) is 90.5 Å². The first kappa shape index (κ1) is 84.5. The summed E-state index contributed by atoms with van der Waals surface area (Å²) < 4.78 is 64.2. The zero-order valence-corrected chi connectivity index (χ0v) is 60.1. The van der Waals surface area contributed by atoms with Crippen LogP contribution in [0.15, 0.2) is 29.4 Å². The Morgan fingerprint density at radius 1 is 0.688 bits per heavy atom. The summed E-state index contributed by atoms with van der Waals surface area (Å²) in [7, 11) is 6.70. The van der Waals surface area contributed by atoms with E-state index in [1.807, 2.05) is 71.8 Å². The number of ether oxygens (including phenoxy) is 11. The lowest BCUT2D eigenvalue weighted by Gasteiger charge is -2.44. The number of esters is 6. The number of carboxylic acid groups (broad SMARTS) is 1. The fourth-order valence-corrected chi connectivity index (χ4v) is 13.3. The lowest BCUT2D eigenvalue weighted by molar-refractivity contribution is -0.255. The average molecular weight is 1360 g/mol. The van der Waals surface area contributed by atoms with Gasteiger partial charge in [-0.05, 0) is 110 Å². The van der Waals surface area contributed by atoms with E-state index in [0.717, 1.165) is 5.03 Å². The van der Waals surface area contributed by atoms with Crippen molar-refractivity contribution in [1.82, 2.24) is 15.2 Å². The van der Waals surface area contributed by atoms with Crippen molar-refractivity contribution >= 4 is 83.8 Å². The van der Waals surface area contributed by atoms with Gasteiger partial charge in [0.25, 0.3) is 0 Å². The van der Waals surface area contributed by atoms with Gasteiger partial charge in [-0.2, -0.15) is 0 Å². The molecule has 1 fully saturated rings. The van der Waals surface area contributed by atoms with E-state index in [1.165, 1.54) is 35.4 Å². The Hall–Kier alpha value is -4.54. The Morgan fingerprint density at radius 3 is 1.83 bits per heavy atom. The normalized spacial score (nSPS) is 19.8. The van der Waals surface area contributed by atoms with Crippen LogP contribution >= 0.6 is 21.6 Å². The summed E-state index contributed by atoms with van der Waals surface area (Å²) in [6.07, 6.45) is 1.73. The van der Waals surface area contributed by atoms with Gasteiger partial charge in [0.05, 0.1) is 80.6 Å². The summed E-state index contributed by atoms with van der Waals surface area (Å²) in [4.78, 5) is 117. The van der Waals surface area contributed by atoms with Crippen molar-refractivity contribution in [2.45, 2.75) is 201 Å². The second kappa shape index (κ2) is 42.9. The van der Waals surface area contributed by atoms with Gasteiger partial charge in [0.1, 0.15) is 58.2 Å². The van der Waals surface area contributed by atoms with Gasteiger partial charge in [0, 0.05) is 55.4 Å². The highest BCUT2D eigenvalue weighted by Gasteiger charge is 2.56. The lowest BCUT2D eigenvalue weighted by atomic mass is 9.36. The summed E-state index contributed by atoms with van der Waals surface area (Å²) in [5.74, 6) is -4.90. The molecule has 1 aliphatic heterocycles. The first-order valence-electron chi connectivity index (χ1n) is 33.0. The smallest absolute Gasteiger partial charge is 0.311 e. The second-order valence-electron chi connectivity index (χ2n) is 26.4. The van der Waals surface area contributed by atoms with Gasteiger partial charge in [0.2, 0.25) is 5.91 Å². The summed E-state index contributed by atoms with van der Waals surface area (Å²) >= 11 is 0. The van der Waals surface area contributed by atoms with E-state index >= 15 is 0 Å². The minimum absolute atomic E-state index is 0.00965. The number of hydrogen-bond acceptors (Lipinski definition) is 24. The van der Waals surface area contributed by atoms with Gasteiger partial charge in [-0.3, -0.25) is 38.4 Å². The Balaban J connectivity index is 2.40. The number of aromatic nitrogens is 1. The van der Waals surface area contributed by atoms with Crippen molar-refractivity contribution in [3.05, 3.63) is 24.4 Å². The molecule has 10 atom stereocenters. The molecule has 1 aromatic rings. The Kier molecular flexibility index (Phi) is 39.0. The van der Waals surface area contributed by atoms with Crippen molar-refractivity contribution in [3.63, 3.8) is 0 Å². The molecule has 0 bridgehead atoms. The highest BCUT2D eigenvalue weighted by Crippen LogP contribution is 2.53. The predicted molar refractivity (Wildman–Crippen MR) is 359 cm³/mol. The molecular weight excluding hydrogens is 1240 g/mol. The van der Waals surface area contributed by atoms with Gasteiger partial charge >= 0.3 is 41.8 Å². The second-order valence-corrected chi connectivity index (χ2v) is 28.8. The summed E-state index contributed by atoms with van der Waals surface area (Å²) in [5, 5.41) is 12.6. The molecule has 28 heteroatoms. The quantitative estimate of drug-likeness (QED) is 0.0185. The van der Waals surface area contributed by atoms with Crippen LogP contribution in [0.4, 0.5) is 0 Å². The highest BCUT2D eigenvalue weighted by molar-refractivity contribution is 8.76. The van der Waals surface area contributed by atoms with Gasteiger partial charge in [-0.15, -0.1) is 0 Å². The molecule has 2 rings (SSSR count). The SMILES string of the molecule is CCCCOC(=O)C(C)(CC(C)(CBC(C)(CBC(C)(CC)C(=O)OCCOCCOCCO[C@@H]1O[C@H](CC)[C@H](C)[C@H](OC(C)=O)[C@H]1NC(C)=O)C(=O)OCCOCCN)C(=O)OCCN(C)C)CC(CCC)(CC(C)(C)C(=O)OCCSSc1ccccn1)C(=O)O. The van der Waals surface area contributed by atoms with Crippen LogP contribution in [-0.4, -0.2) is 214 Å². The van der Waals surface area contributed by atoms with E-state index in [2.05, 4.69) is 10.3 Å². The summed E-state index contributed by atoms with van der Waals surface area (Å²) in [6.45, 7) is 23.7. The minimum atomic E-state index is -1.71. The number of amides is 1. The number of unbranched alkanes of at least 4 members (excludes halogenated alkanes) is 1. The molecule has 1 saturated heterocycles. The van der Waals surface area contributed by atoms with E-state index in [-0.39, 0.29) is 157 Å². The van der Waals surface area contributed by atoms with Gasteiger partial charge in [-0.25, -0.2) is 4.98 Å². The van der Waals surface area contributed by atoms with Crippen molar-refractivity contribution < 1.29 is 95.6 Å². The van der Waals surface area contributed by atoms with Crippen molar-refractivity contribution in [2.75, 3.05) is 112 Å². The largest absolute Gasteiger partial charge is 0.481 e. The molecule has 530 valence electrons. The van der Waals surface area contributed by atoms with Gasteiger partial charge in [-0.1, -0.05) is 90.8 Å². The standard InChI is InChI=1S/C65H112B2N4O20S2/c1-16-20-28-85-56(77)61(10,43-65(24-17-2,54(74)75)41-60(8,9)55(76)89-39-40-92-93-50-23-21-22-26-69-50)42-62(11,57(78)86-30-27-71(14)15)44-66-64(13,59(80)88-37-34-81-29-25-68)45-67-63(12,19-4)58(79)87-38-35-83-32-31-82-33-36-84-53-51(70-47(6)72)52(90-48(7)73)46(5)49(18-3)91-53/h21-23,26,46,49,51-53,66-67H,16-20,24-25,27-45,68H2,1-15H3,(H,70,72)(H,74,75)/t46-,49+,51+,52-,53+,61?,62?,63?,64?,65?/m0/s1. The molecule has 1 aliphatic rings. The first-order valence-corrected chi connectivity index (χ1v) is 35.3. The van der Waals surface area contributed by atoms with Crippen molar-refractivity contribution in [3.8, 4) is 0 Å². The molecule has 1 amide bonds. The Labute approximate surface area is 562 Å². The Morgan fingerprint density at radius 2 is 1.27 bits per heavy atom. The molecule has 24 nitrogen and oxygen atoms in total. The minimum Gasteiger partial charge on any atom is -0.481 e. The molecule has 93 heavy (non-hydrogen) atoms. The molecule has 0 radical (unpaired) electrons. The summed E-state index contributed by atoms with van der Waals surface area (Å²) in [5.41, 5.74) is -0.676. The lowest BCUT2D eigenvalue weighted by Crippen LogP contribution is -2.62. The van der Waals surface area contributed by atoms with E-state index in [9.17, 15) is 43.5 Å². The third-order valence-electron chi connectivity index (χ3n) is 17.1. The van der Waals surface area contributed by atoms with Gasteiger partial charge < -0.3 is 73.2 Å². The van der Waals surface area contributed by atoms with Crippen LogP contribution in [0.2, 0.25) is 23.3 Å². The van der Waals surface area contributed by atoms with Crippen LogP contribution in [0, 0.1) is 27.6 Å². The molecular formula is C65H112B2N4O20S2. The number of pyridine rings is 1. The van der Waals surface area contributed by atoms with Crippen molar-refractivity contribution in [1.29, 1.82) is 0 Å². The zero-order valence-electron chi connectivity index (χ0n) is 58.5. The topological polar surface area (TPSA) is 312 Å². The number of nitrogens with two attached hydrogens (primary N) is 1. The number of carbonyl (C=O) groups excluding carboxylic acids is 7. The zero-order chi connectivity index (χ0) is 69.9. The molecule has 0 saturated carbocycles. The Bertz CT molecular complexity index is 2440. The maximum Gasteiger partial charge on any atom is 0.311 e. The number of nitrogens with one attached hydrogen (secondary N) is 1. The summed E-state index contributed by atoms with van der Waals surface area (Å²) in [6, 6.07) is 4.84. The number of likely N-dealkylation sites (N-methyl/N-ethyl adjacent to an activating group) is 1. The molecule has 2 heterocycles. The fourth-order valence-electron chi connectivity index (χ4n) is 11.6. The number of hydrogen-bond donors (Lipinski definition) is 3. The van der Waals surface area contributed by atoms with Crippen molar-refractivity contribution in [2.24, 2.45) is 33.3 Å². The van der Waals surface area contributed by atoms with Gasteiger partial charge in [0.15, 0.2) is 6.29 Å². The number of carbonyl (C=O) groups is 8. The predicted octanol–water partition coefficient (Wildman–Crippen LogP) is 7.69. The van der Waals surface area contributed by atoms with E-state index in [0.29, 0.717) is 44.4 Å². The molecule has 0 aliphatic carbocycles. The number of rotatable bonds is 50. The van der Waals surface area contributed by atoms with Crippen LogP contribution in [0.1, 0.15) is 148 Å². The maximum absolute atomic E-state index is 14.9. The van der Waals surface area contributed by atoms with E-state index in [1.54, 1.807) is 47.7 Å². The third kappa shape index (κ3) is 29.4. The average Bonchev–Trinajstić information content (AvgIpc) is 0.777. The van der Waals surface area contributed by atoms with Crippen LogP contribution in [0.3, 0.4) is 0 Å². The number of nitrogens with zero attached hydrogens (tertiary/aromatic N) is 2. The van der Waals surface area contributed by atoms with E-state index < -0.39 is 92.5 Å². The highest BCUT2D eigenvalue weighted by atomic mass is 33.1. The molecule has 5 unspecified atom stereocenters. The molecule has 4 N–H and O–H groups in total. The number of aliphatic carboxylic acids is 1. The number of carboxylic acids is 1. The van der Waals surface area contributed by atoms with Crippen LogP contribution in [0.5, 0.6) is 0 Å². The van der Waals surface area contributed by atoms with Crippen LogP contribution in [0.25, 0.3) is 0 Å². The third-order valence-corrected chi connectivity index (χ3v) is 19.3. The molecule has 0 aromatic carbocycles. The molecule has 1 aromatic heterocycles. The first-order chi connectivity index (χ1) is 43.9. The molecule has 0 spiro atoms. The maximum atomic E-state index is 14.9. The van der Waals surface area contributed by atoms with E-state index in [4.69, 9.17) is 57.8 Å².